The van der Waals surface area contributed by atoms with Crippen molar-refractivity contribution in [3.8, 4) is 0 Å². The molecule has 0 saturated heterocycles. The van der Waals surface area contributed by atoms with Gasteiger partial charge in [-0.05, 0) is 24.6 Å². The maximum Gasteiger partial charge on any atom is 0.413 e. The van der Waals surface area contributed by atoms with E-state index in [9.17, 15) is 9.59 Å². The van der Waals surface area contributed by atoms with E-state index in [1.54, 1.807) is 31.2 Å². The zero-order valence-electron chi connectivity index (χ0n) is 10.2. The monoisotopic (exact) mass is 267 g/mol. The largest absolute Gasteiger partial charge is 0.449 e. The zero-order chi connectivity index (χ0) is 13.5. The Balaban J connectivity index is 2.92. The summed E-state index contributed by atoms with van der Waals surface area (Å²) in [5.74, 6) is 0. The molecule has 96 valence electrons. The molecule has 0 aliphatic carbocycles. The molecule has 0 aliphatic heterocycles. The van der Waals surface area contributed by atoms with E-state index in [0.29, 0.717) is 22.4 Å². The topological polar surface area (TPSA) is 46.6 Å². The van der Waals surface area contributed by atoms with Crippen molar-refractivity contribution in [1.29, 1.82) is 0 Å². The maximum atomic E-state index is 11.4. The van der Waals surface area contributed by atoms with Gasteiger partial charge >= 0.3 is 6.09 Å². The van der Waals surface area contributed by atoms with E-state index in [2.05, 4.69) is 0 Å². The van der Waals surface area contributed by atoms with E-state index in [1.807, 2.05) is 0 Å². The van der Waals surface area contributed by atoms with Gasteiger partial charge in [0.05, 0.1) is 6.61 Å². The van der Waals surface area contributed by atoms with Crippen LogP contribution in [0.25, 0.3) is 5.57 Å². The second kappa shape index (κ2) is 6.81. The van der Waals surface area contributed by atoms with Gasteiger partial charge in [-0.1, -0.05) is 23.7 Å². The van der Waals surface area contributed by atoms with Crippen molar-refractivity contribution in [2.24, 2.45) is 0 Å². The fraction of sp³-hybridized carbons (Fsp3) is 0.231. The van der Waals surface area contributed by atoms with Crippen LogP contribution in [0.5, 0.6) is 0 Å². The molecule has 0 aromatic heterocycles. The number of rotatable bonds is 4. The van der Waals surface area contributed by atoms with Gasteiger partial charge in [-0.3, -0.25) is 9.69 Å². The predicted octanol–water partition coefficient (Wildman–Crippen LogP) is 2.97. The van der Waals surface area contributed by atoms with Crippen LogP contribution in [0.3, 0.4) is 0 Å². The minimum atomic E-state index is -0.509. The van der Waals surface area contributed by atoms with Gasteiger partial charge in [0.25, 0.3) is 0 Å². The molecule has 5 heteroatoms. The molecule has 0 spiro atoms. The third-order valence-corrected chi connectivity index (χ3v) is 2.45. The van der Waals surface area contributed by atoms with Gasteiger partial charge < -0.3 is 4.74 Å². The van der Waals surface area contributed by atoms with Crippen LogP contribution in [0.15, 0.2) is 30.5 Å². The number of allylic oxidation sites excluding steroid dienone is 1. The first-order valence-corrected chi connectivity index (χ1v) is 5.78. The van der Waals surface area contributed by atoms with Crippen LogP contribution in [-0.4, -0.2) is 30.9 Å². The van der Waals surface area contributed by atoms with Crippen molar-refractivity contribution in [3.05, 3.63) is 41.1 Å². The molecule has 0 fully saturated rings. The van der Waals surface area contributed by atoms with E-state index in [4.69, 9.17) is 16.3 Å². The summed E-state index contributed by atoms with van der Waals surface area (Å²) in [5.41, 5.74) is 1.06. The molecule has 0 N–H and O–H groups in total. The lowest BCUT2D eigenvalue weighted by Crippen LogP contribution is -2.22. The molecule has 0 saturated carbocycles. The number of aldehydes is 1. The highest BCUT2D eigenvalue weighted by Gasteiger charge is 2.08. The third-order valence-electron chi connectivity index (χ3n) is 2.19. The van der Waals surface area contributed by atoms with Crippen LogP contribution >= 0.6 is 11.6 Å². The van der Waals surface area contributed by atoms with Crippen LogP contribution < -0.4 is 0 Å². The smallest absolute Gasteiger partial charge is 0.413 e. The van der Waals surface area contributed by atoms with E-state index < -0.39 is 6.09 Å². The highest BCUT2D eigenvalue weighted by molar-refractivity contribution is 6.30. The van der Waals surface area contributed by atoms with E-state index >= 15 is 0 Å². The second-order valence-corrected chi connectivity index (χ2v) is 3.96. The Kier molecular flexibility index (Phi) is 5.39. The predicted molar refractivity (Wildman–Crippen MR) is 70.3 cm³/mol. The molecular formula is C13H14ClNO3. The second-order valence-electron chi connectivity index (χ2n) is 3.52. The molecule has 1 rings (SSSR count). The zero-order valence-corrected chi connectivity index (χ0v) is 11.0. The highest BCUT2D eigenvalue weighted by atomic mass is 35.5. The number of ether oxygens (including phenoxy) is 1. The molecule has 0 heterocycles. The molecule has 0 atom stereocenters. The lowest BCUT2D eigenvalue weighted by molar-refractivity contribution is -0.103. The standard InChI is InChI=1S/C13H14ClNO3/c1-3-18-13(17)15(2)8-11(9-16)10-4-6-12(14)7-5-10/h4-9H,3H2,1-2H3. The number of amides is 1. The summed E-state index contributed by atoms with van der Waals surface area (Å²) in [4.78, 5) is 23.7. The first-order valence-electron chi connectivity index (χ1n) is 5.41. The van der Waals surface area contributed by atoms with Crippen LogP contribution in [0, 0.1) is 0 Å². The molecule has 18 heavy (non-hydrogen) atoms. The van der Waals surface area contributed by atoms with Crippen molar-refractivity contribution in [2.45, 2.75) is 6.92 Å². The van der Waals surface area contributed by atoms with Crippen molar-refractivity contribution < 1.29 is 14.3 Å². The molecule has 0 radical (unpaired) electrons. The van der Waals surface area contributed by atoms with Gasteiger partial charge in [-0.15, -0.1) is 0 Å². The number of nitrogens with zero attached hydrogens (tertiary/aromatic N) is 1. The van der Waals surface area contributed by atoms with Crippen molar-refractivity contribution in [3.63, 3.8) is 0 Å². The fourth-order valence-electron chi connectivity index (χ4n) is 1.30. The number of hydrogen-bond acceptors (Lipinski definition) is 3. The number of carbonyl (C=O) groups is 2. The van der Waals surface area contributed by atoms with Crippen molar-refractivity contribution >= 4 is 29.6 Å². The number of benzene rings is 1. The van der Waals surface area contributed by atoms with Gasteiger partial charge in [-0.25, -0.2) is 4.79 Å². The molecule has 4 nitrogen and oxygen atoms in total. The van der Waals surface area contributed by atoms with Gasteiger partial charge in [0.1, 0.15) is 0 Å². The van der Waals surface area contributed by atoms with Crippen LogP contribution in [-0.2, 0) is 9.53 Å². The Hall–Kier alpha value is -1.81. The Morgan fingerprint density at radius 3 is 2.50 bits per heavy atom. The maximum absolute atomic E-state index is 11.4. The molecule has 0 bridgehead atoms. The Labute approximate surface area is 111 Å². The number of halogens is 1. The summed E-state index contributed by atoms with van der Waals surface area (Å²) in [6.07, 6.45) is 1.60. The Morgan fingerprint density at radius 1 is 1.39 bits per heavy atom. The number of carbonyl (C=O) groups excluding carboxylic acids is 2. The average Bonchev–Trinajstić information content (AvgIpc) is 2.37. The molecule has 1 aromatic rings. The van der Waals surface area contributed by atoms with Gasteiger partial charge in [0, 0.05) is 23.8 Å². The molecule has 0 aliphatic rings. The third kappa shape index (κ3) is 3.89. The van der Waals surface area contributed by atoms with E-state index in [0.717, 1.165) is 0 Å². The van der Waals surface area contributed by atoms with E-state index in [-0.39, 0.29) is 6.61 Å². The summed E-state index contributed by atoms with van der Waals surface area (Å²) >= 11 is 5.76. The van der Waals surface area contributed by atoms with Crippen LogP contribution in [0.1, 0.15) is 12.5 Å². The summed E-state index contributed by atoms with van der Waals surface area (Å²) < 4.78 is 4.81. The summed E-state index contributed by atoms with van der Waals surface area (Å²) in [7, 11) is 1.53. The quantitative estimate of drug-likeness (QED) is 0.622. The number of hydrogen-bond donors (Lipinski definition) is 0. The summed E-state index contributed by atoms with van der Waals surface area (Å²) in [5, 5.41) is 0.586. The van der Waals surface area contributed by atoms with Crippen molar-refractivity contribution in [1.82, 2.24) is 4.90 Å². The average molecular weight is 268 g/mol. The normalized spacial score (nSPS) is 10.9. The molecule has 0 unspecified atom stereocenters. The highest BCUT2D eigenvalue weighted by Crippen LogP contribution is 2.16. The molecule has 1 aromatic carbocycles. The fourth-order valence-corrected chi connectivity index (χ4v) is 1.43. The van der Waals surface area contributed by atoms with Gasteiger partial charge in [-0.2, -0.15) is 0 Å². The van der Waals surface area contributed by atoms with Gasteiger partial charge in [0.2, 0.25) is 0 Å². The van der Waals surface area contributed by atoms with Gasteiger partial charge in [0.15, 0.2) is 6.29 Å². The Morgan fingerprint density at radius 2 is 2.00 bits per heavy atom. The lowest BCUT2D eigenvalue weighted by Gasteiger charge is -2.12. The first-order chi connectivity index (χ1) is 8.58. The SMILES string of the molecule is CCOC(=O)N(C)C=C(C=O)c1ccc(Cl)cc1. The van der Waals surface area contributed by atoms with Crippen LogP contribution in [0.4, 0.5) is 4.79 Å². The van der Waals surface area contributed by atoms with Crippen LogP contribution in [0.2, 0.25) is 5.02 Å². The molecular weight excluding hydrogens is 254 g/mol. The molecule has 1 amide bonds. The minimum Gasteiger partial charge on any atom is -0.449 e. The van der Waals surface area contributed by atoms with E-state index in [1.165, 1.54) is 18.1 Å². The first kappa shape index (κ1) is 14.3. The summed E-state index contributed by atoms with van der Waals surface area (Å²) in [6.45, 7) is 2.00. The summed E-state index contributed by atoms with van der Waals surface area (Å²) in [6, 6.07) is 6.78. The van der Waals surface area contributed by atoms with Crippen molar-refractivity contribution in [2.75, 3.05) is 13.7 Å². The Bertz CT molecular complexity index is 454. The minimum absolute atomic E-state index is 0.286. The lowest BCUT2D eigenvalue weighted by atomic mass is 10.1.